The van der Waals surface area contributed by atoms with Gasteiger partial charge in [-0.25, -0.2) is 8.78 Å². The average Bonchev–Trinajstić information content (AvgIpc) is 3.07. The van der Waals surface area contributed by atoms with Crippen LogP contribution in [0, 0.1) is 11.6 Å². The lowest BCUT2D eigenvalue weighted by Gasteiger charge is -2.12. The maximum absolute atomic E-state index is 13.8. The largest absolute Gasteiger partial charge is 0.278 e. The molecule has 5 rings (SSSR count). The van der Waals surface area contributed by atoms with Gasteiger partial charge in [0.1, 0.15) is 11.6 Å². The highest BCUT2D eigenvalue weighted by molar-refractivity contribution is 5.95. The second-order valence-corrected chi connectivity index (χ2v) is 6.88. The first-order chi connectivity index (χ1) is 13.2. The van der Waals surface area contributed by atoms with Crippen LogP contribution in [0.3, 0.4) is 0 Å². The quantitative estimate of drug-likeness (QED) is 0.476. The molecule has 132 valence electrons. The van der Waals surface area contributed by atoms with Crippen LogP contribution in [0.25, 0.3) is 22.6 Å². The van der Waals surface area contributed by atoms with Crippen molar-refractivity contribution in [2.75, 3.05) is 0 Å². The Balaban J connectivity index is 1.75. The molecule has 0 atom stereocenters. The van der Waals surface area contributed by atoms with Gasteiger partial charge in [-0.15, -0.1) is 0 Å². The van der Waals surface area contributed by atoms with Gasteiger partial charge in [0.05, 0.1) is 11.7 Å². The first-order valence-corrected chi connectivity index (χ1v) is 8.90. The molecule has 27 heavy (non-hydrogen) atoms. The number of nitrogens with one attached hydrogen (secondary N) is 1. The molecule has 1 heterocycles. The molecule has 0 amide bonds. The van der Waals surface area contributed by atoms with Crippen molar-refractivity contribution < 1.29 is 8.78 Å². The van der Waals surface area contributed by atoms with Gasteiger partial charge in [0.15, 0.2) is 0 Å². The Morgan fingerprint density at radius 3 is 2.15 bits per heavy atom. The van der Waals surface area contributed by atoms with Crippen LogP contribution in [0.15, 0.2) is 60.8 Å². The number of nitrogens with zero attached hydrogens (tertiary/aromatic N) is 1. The van der Waals surface area contributed by atoms with E-state index in [-0.39, 0.29) is 11.6 Å². The summed E-state index contributed by atoms with van der Waals surface area (Å²) in [6.45, 7) is 0. The lowest BCUT2D eigenvalue weighted by Crippen LogP contribution is -1.94. The van der Waals surface area contributed by atoms with Crippen molar-refractivity contribution in [3.63, 3.8) is 0 Å². The highest BCUT2D eigenvalue weighted by Gasteiger charge is 2.19. The van der Waals surface area contributed by atoms with Crippen LogP contribution in [-0.2, 0) is 12.8 Å². The third kappa shape index (κ3) is 2.83. The number of fused-ring (bicyclic) bond motifs is 3. The van der Waals surface area contributed by atoms with Gasteiger partial charge in [-0.05, 0) is 82.6 Å². The number of hydrogen-bond donors (Lipinski definition) is 1. The Morgan fingerprint density at radius 1 is 0.815 bits per heavy atom. The molecule has 1 aliphatic rings. The summed E-state index contributed by atoms with van der Waals surface area (Å²) in [6.07, 6.45) is 5.23. The van der Waals surface area contributed by atoms with Gasteiger partial charge in [-0.3, -0.25) is 5.10 Å². The molecule has 0 spiro atoms. The maximum atomic E-state index is 13.8. The van der Waals surface area contributed by atoms with Crippen LogP contribution in [0.2, 0.25) is 0 Å². The summed E-state index contributed by atoms with van der Waals surface area (Å²) >= 11 is 0. The van der Waals surface area contributed by atoms with Gasteiger partial charge >= 0.3 is 0 Å². The maximum Gasteiger partial charge on any atom is 0.123 e. The SMILES string of the molecule is Fc1ccc2c(c1)CCc1cc(F)ccc1C2=Cc1ccc2cn[nH]c2c1. The van der Waals surface area contributed by atoms with E-state index in [1.54, 1.807) is 18.3 Å². The molecule has 3 aromatic carbocycles. The molecule has 0 saturated carbocycles. The average molecular weight is 358 g/mol. The molecule has 0 bridgehead atoms. The number of hydrogen-bond acceptors (Lipinski definition) is 1. The zero-order chi connectivity index (χ0) is 18.4. The van der Waals surface area contributed by atoms with Gasteiger partial charge < -0.3 is 0 Å². The van der Waals surface area contributed by atoms with E-state index >= 15 is 0 Å². The molecule has 4 heteroatoms. The van der Waals surface area contributed by atoms with Gasteiger partial charge in [0.25, 0.3) is 0 Å². The Morgan fingerprint density at radius 2 is 1.48 bits per heavy atom. The second-order valence-electron chi connectivity index (χ2n) is 6.88. The van der Waals surface area contributed by atoms with Gasteiger partial charge in [0, 0.05) is 5.39 Å². The number of benzene rings is 3. The lowest BCUT2D eigenvalue weighted by molar-refractivity contribution is 0.623. The van der Waals surface area contributed by atoms with Crippen molar-refractivity contribution >= 4 is 22.6 Å². The third-order valence-electron chi connectivity index (χ3n) is 5.16. The van der Waals surface area contributed by atoms with Crippen LogP contribution in [0.1, 0.15) is 27.8 Å². The Kier molecular flexibility index (Phi) is 3.64. The highest BCUT2D eigenvalue weighted by atomic mass is 19.1. The molecule has 4 aromatic rings. The highest BCUT2D eigenvalue weighted by Crippen LogP contribution is 2.36. The summed E-state index contributed by atoms with van der Waals surface area (Å²) in [5, 5.41) is 8.10. The van der Waals surface area contributed by atoms with E-state index in [1.165, 1.54) is 12.1 Å². The minimum absolute atomic E-state index is 0.246. The van der Waals surface area contributed by atoms with E-state index in [1.807, 2.05) is 30.3 Å². The minimum atomic E-state index is -0.246. The van der Waals surface area contributed by atoms with Gasteiger partial charge in [0.2, 0.25) is 0 Å². The van der Waals surface area contributed by atoms with E-state index in [4.69, 9.17) is 0 Å². The van der Waals surface area contributed by atoms with Crippen molar-refractivity contribution in [2.24, 2.45) is 0 Å². The fourth-order valence-corrected chi connectivity index (χ4v) is 3.84. The van der Waals surface area contributed by atoms with Crippen molar-refractivity contribution in [3.05, 3.63) is 100 Å². The normalized spacial score (nSPS) is 13.2. The molecule has 1 aliphatic carbocycles. The van der Waals surface area contributed by atoms with Gasteiger partial charge in [-0.1, -0.05) is 24.3 Å². The Hall–Kier alpha value is -3.27. The number of rotatable bonds is 1. The van der Waals surface area contributed by atoms with Crippen LogP contribution in [0.4, 0.5) is 8.78 Å². The van der Waals surface area contributed by atoms with E-state index < -0.39 is 0 Å². The number of aryl methyl sites for hydroxylation is 2. The second kappa shape index (κ2) is 6.16. The molecule has 0 unspecified atom stereocenters. The molecule has 1 N–H and O–H groups in total. The molecular formula is C23H16F2N2. The summed E-state index contributed by atoms with van der Waals surface area (Å²) in [4.78, 5) is 0. The topological polar surface area (TPSA) is 28.7 Å². The predicted octanol–water partition coefficient (Wildman–Crippen LogP) is 5.53. The molecule has 2 nitrogen and oxygen atoms in total. The van der Waals surface area contributed by atoms with Gasteiger partial charge in [-0.2, -0.15) is 5.10 Å². The van der Waals surface area contributed by atoms with Crippen molar-refractivity contribution in [1.29, 1.82) is 0 Å². The monoisotopic (exact) mass is 358 g/mol. The Bertz CT molecular complexity index is 1150. The number of aromatic nitrogens is 2. The summed E-state index contributed by atoms with van der Waals surface area (Å²) in [6, 6.07) is 15.9. The standard InChI is InChI=1S/C23H16F2N2/c24-18-5-7-20-15(11-18)3-4-16-12-19(25)6-8-21(16)22(20)9-14-1-2-17-13-26-27-23(17)10-14/h1-2,5-13H,3-4H2,(H,26,27). The molecule has 0 fully saturated rings. The zero-order valence-electron chi connectivity index (χ0n) is 14.5. The van der Waals surface area contributed by atoms with Crippen molar-refractivity contribution in [2.45, 2.75) is 12.8 Å². The predicted molar refractivity (Wildman–Crippen MR) is 103 cm³/mol. The van der Waals surface area contributed by atoms with E-state index in [0.29, 0.717) is 12.8 Å². The van der Waals surface area contributed by atoms with Crippen LogP contribution in [0.5, 0.6) is 0 Å². The fraction of sp³-hybridized carbons (Fsp3) is 0.0870. The van der Waals surface area contributed by atoms with Crippen LogP contribution in [-0.4, -0.2) is 10.2 Å². The van der Waals surface area contributed by atoms with E-state index in [2.05, 4.69) is 16.3 Å². The number of H-pyrrole nitrogens is 1. The van der Waals surface area contributed by atoms with Crippen molar-refractivity contribution in [3.8, 4) is 0 Å². The molecule has 0 radical (unpaired) electrons. The summed E-state index contributed by atoms with van der Waals surface area (Å²) in [7, 11) is 0. The zero-order valence-corrected chi connectivity index (χ0v) is 14.5. The minimum Gasteiger partial charge on any atom is -0.278 e. The summed E-state index contributed by atoms with van der Waals surface area (Å²) < 4.78 is 27.6. The van der Waals surface area contributed by atoms with E-state index in [9.17, 15) is 8.78 Å². The fourth-order valence-electron chi connectivity index (χ4n) is 3.84. The van der Waals surface area contributed by atoms with E-state index in [0.717, 1.165) is 44.3 Å². The molecule has 0 saturated heterocycles. The summed E-state index contributed by atoms with van der Waals surface area (Å²) in [5.41, 5.74) is 6.82. The smallest absolute Gasteiger partial charge is 0.123 e. The lowest BCUT2D eigenvalue weighted by atomic mass is 9.92. The first-order valence-electron chi connectivity index (χ1n) is 8.90. The number of halogens is 2. The number of aromatic amines is 1. The van der Waals surface area contributed by atoms with Crippen LogP contribution >= 0.6 is 0 Å². The Labute approximate surface area is 155 Å². The third-order valence-corrected chi connectivity index (χ3v) is 5.16. The molecular weight excluding hydrogens is 342 g/mol. The molecule has 0 aliphatic heterocycles. The van der Waals surface area contributed by atoms with Crippen LogP contribution < -0.4 is 0 Å². The summed E-state index contributed by atoms with van der Waals surface area (Å²) in [5.74, 6) is -0.492. The first kappa shape index (κ1) is 15.9. The molecule has 1 aromatic heterocycles. The van der Waals surface area contributed by atoms with Crippen molar-refractivity contribution in [1.82, 2.24) is 10.2 Å².